The summed E-state index contributed by atoms with van der Waals surface area (Å²) >= 11 is 0. The first-order valence-electron chi connectivity index (χ1n) is 7.37. The number of nitrogens with one attached hydrogen (secondary N) is 1. The van der Waals surface area contributed by atoms with E-state index in [4.69, 9.17) is 5.11 Å². The molecule has 0 spiro atoms. The van der Waals surface area contributed by atoms with Crippen molar-refractivity contribution in [3.05, 3.63) is 24.3 Å². The quantitative estimate of drug-likeness (QED) is 0.832. The van der Waals surface area contributed by atoms with Crippen LogP contribution in [0.3, 0.4) is 0 Å². The number of carbonyl (C=O) groups excluding carboxylic acids is 1. The second kappa shape index (κ2) is 7.15. The Balaban J connectivity index is 1.90. The molecular weight excluding hydrogens is 270 g/mol. The van der Waals surface area contributed by atoms with Crippen molar-refractivity contribution < 1.29 is 14.7 Å². The van der Waals surface area contributed by atoms with Crippen LogP contribution < -0.4 is 5.32 Å². The van der Waals surface area contributed by atoms with Crippen LogP contribution in [-0.4, -0.2) is 32.5 Å². The number of hydrogen-bond donors (Lipinski definition) is 2. The molecule has 6 heteroatoms. The molecule has 1 amide bonds. The van der Waals surface area contributed by atoms with Crippen LogP contribution in [0.1, 0.15) is 50.6 Å². The molecular formula is C15H21N3O3. The number of aryl methyl sites for hydroxylation is 1. The Morgan fingerprint density at radius 2 is 2.00 bits per heavy atom. The Hall–Kier alpha value is -1.98. The van der Waals surface area contributed by atoms with Crippen molar-refractivity contribution >= 4 is 11.9 Å². The number of carboxylic acids is 1. The SMILES string of the molecule is O=C(O)CC1(NC(=O)CCc2cnccn2)CCCCC1. The molecule has 1 aromatic rings. The second-order valence-electron chi connectivity index (χ2n) is 5.66. The maximum atomic E-state index is 12.1. The summed E-state index contributed by atoms with van der Waals surface area (Å²) in [5.74, 6) is -0.963. The van der Waals surface area contributed by atoms with Crippen molar-refractivity contribution in [2.45, 2.75) is 56.9 Å². The molecule has 2 rings (SSSR count). The minimum atomic E-state index is -0.855. The molecule has 0 radical (unpaired) electrons. The number of carbonyl (C=O) groups is 2. The van der Waals surface area contributed by atoms with E-state index in [-0.39, 0.29) is 12.3 Å². The first kappa shape index (κ1) is 15.4. The molecule has 0 saturated heterocycles. The number of nitrogens with zero attached hydrogens (tertiary/aromatic N) is 2. The average Bonchev–Trinajstić information content (AvgIpc) is 2.46. The van der Waals surface area contributed by atoms with Crippen molar-refractivity contribution in [1.82, 2.24) is 15.3 Å². The molecule has 21 heavy (non-hydrogen) atoms. The Morgan fingerprint density at radius 3 is 2.62 bits per heavy atom. The number of carboxylic acid groups (broad SMARTS) is 1. The Morgan fingerprint density at radius 1 is 1.24 bits per heavy atom. The van der Waals surface area contributed by atoms with E-state index in [1.807, 2.05) is 0 Å². The van der Waals surface area contributed by atoms with Crippen LogP contribution in [0.4, 0.5) is 0 Å². The smallest absolute Gasteiger partial charge is 0.305 e. The van der Waals surface area contributed by atoms with Gasteiger partial charge in [0.15, 0.2) is 0 Å². The maximum absolute atomic E-state index is 12.1. The van der Waals surface area contributed by atoms with Gasteiger partial charge in [-0.1, -0.05) is 19.3 Å². The molecule has 1 aromatic heterocycles. The Kier molecular flexibility index (Phi) is 5.25. The number of amides is 1. The number of aliphatic carboxylic acids is 1. The lowest BCUT2D eigenvalue weighted by Crippen LogP contribution is -2.51. The lowest BCUT2D eigenvalue weighted by atomic mass is 9.79. The van der Waals surface area contributed by atoms with E-state index in [2.05, 4.69) is 15.3 Å². The second-order valence-corrected chi connectivity index (χ2v) is 5.66. The lowest BCUT2D eigenvalue weighted by molar-refractivity contribution is -0.139. The third-order valence-electron chi connectivity index (χ3n) is 3.93. The molecule has 1 saturated carbocycles. The van der Waals surface area contributed by atoms with Gasteiger partial charge in [-0.3, -0.25) is 19.6 Å². The fourth-order valence-electron chi connectivity index (χ4n) is 2.92. The van der Waals surface area contributed by atoms with E-state index in [0.717, 1.165) is 37.8 Å². The predicted molar refractivity (Wildman–Crippen MR) is 76.6 cm³/mol. The van der Waals surface area contributed by atoms with Crippen LogP contribution >= 0.6 is 0 Å². The van der Waals surface area contributed by atoms with Crippen LogP contribution in [0.2, 0.25) is 0 Å². The van der Waals surface area contributed by atoms with Crippen molar-refractivity contribution in [1.29, 1.82) is 0 Å². The van der Waals surface area contributed by atoms with E-state index >= 15 is 0 Å². The summed E-state index contributed by atoms with van der Waals surface area (Å²) in [6.07, 6.45) is 10.2. The van der Waals surface area contributed by atoms with Gasteiger partial charge in [0.2, 0.25) is 5.91 Å². The number of aromatic nitrogens is 2. The standard InChI is InChI=1S/C15H21N3O3/c19-13(5-4-12-11-16-8-9-17-12)18-15(10-14(20)21)6-2-1-3-7-15/h8-9,11H,1-7,10H2,(H,18,19)(H,20,21). The molecule has 0 unspecified atom stereocenters. The van der Waals surface area contributed by atoms with Gasteiger partial charge in [-0.15, -0.1) is 0 Å². The number of rotatable bonds is 6. The highest BCUT2D eigenvalue weighted by Crippen LogP contribution is 2.31. The molecule has 1 aliphatic rings. The minimum absolute atomic E-state index is 0.00385. The minimum Gasteiger partial charge on any atom is -0.481 e. The summed E-state index contributed by atoms with van der Waals surface area (Å²) in [4.78, 5) is 31.3. The summed E-state index contributed by atoms with van der Waals surface area (Å²) in [5.41, 5.74) is 0.201. The molecule has 2 N–H and O–H groups in total. The highest BCUT2D eigenvalue weighted by Gasteiger charge is 2.35. The summed E-state index contributed by atoms with van der Waals surface area (Å²) in [5, 5.41) is 12.0. The van der Waals surface area contributed by atoms with Crippen LogP contribution in [0, 0.1) is 0 Å². The zero-order chi connectivity index (χ0) is 15.1. The zero-order valence-electron chi connectivity index (χ0n) is 12.0. The fraction of sp³-hybridized carbons (Fsp3) is 0.600. The van der Waals surface area contributed by atoms with Crippen LogP contribution in [0.25, 0.3) is 0 Å². The molecule has 0 atom stereocenters. The van der Waals surface area contributed by atoms with E-state index in [9.17, 15) is 9.59 Å². The van der Waals surface area contributed by atoms with Gasteiger partial charge in [0.25, 0.3) is 0 Å². The van der Waals surface area contributed by atoms with Gasteiger partial charge in [-0.2, -0.15) is 0 Å². The van der Waals surface area contributed by atoms with Gasteiger partial charge >= 0.3 is 5.97 Å². The molecule has 114 valence electrons. The van der Waals surface area contributed by atoms with Crippen molar-refractivity contribution in [2.24, 2.45) is 0 Å². The molecule has 0 aromatic carbocycles. The topological polar surface area (TPSA) is 92.2 Å². The van der Waals surface area contributed by atoms with E-state index in [0.29, 0.717) is 12.8 Å². The largest absolute Gasteiger partial charge is 0.481 e. The number of hydrogen-bond acceptors (Lipinski definition) is 4. The van der Waals surface area contributed by atoms with E-state index in [1.54, 1.807) is 18.6 Å². The average molecular weight is 291 g/mol. The predicted octanol–water partition coefficient (Wildman–Crippen LogP) is 1.70. The third kappa shape index (κ3) is 4.81. The molecule has 1 fully saturated rings. The summed E-state index contributed by atoms with van der Waals surface area (Å²) < 4.78 is 0. The van der Waals surface area contributed by atoms with E-state index in [1.165, 1.54) is 0 Å². The van der Waals surface area contributed by atoms with Gasteiger partial charge < -0.3 is 10.4 Å². The highest BCUT2D eigenvalue weighted by atomic mass is 16.4. The summed E-state index contributed by atoms with van der Waals surface area (Å²) in [6, 6.07) is 0. The summed E-state index contributed by atoms with van der Waals surface area (Å²) in [7, 11) is 0. The summed E-state index contributed by atoms with van der Waals surface area (Å²) in [6.45, 7) is 0. The molecule has 0 aliphatic heterocycles. The molecule has 1 heterocycles. The van der Waals surface area contributed by atoms with Crippen molar-refractivity contribution in [3.8, 4) is 0 Å². The van der Waals surface area contributed by atoms with Crippen molar-refractivity contribution in [2.75, 3.05) is 0 Å². The van der Waals surface area contributed by atoms with Crippen LogP contribution in [0.5, 0.6) is 0 Å². The van der Waals surface area contributed by atoms with Gasteiger partial charge in [0, 0.05) is 25.0 Å². The van der Waals surface area contributed by atoms with Gasteiger partial charge in [-0.05, 0) is 19.3 Å². The monoisotopic (exact) mass is 291 g/mol. The highest BCUT2D eigenvalue weighted by molar-refractivity contribution is 5.78. The first-order valence-corrected chi connectivity index (χ1v) is 7.37. The van der Waals surface area contributed by atoms with Crippen LogP contribution in [-0.2, 0) is 16.0 Å². The van der Waals surface area contributed by atoms with Gasteiger partial charge in [-0.25, -0.2) is 0 Å². The van der Waals surface area contributed by atoms with Gasteiger partial charge in [0.1, 0.15) is 0 Å². The fourth-order valence-corrected chi connectivity index (χ4v) is 2.92. The van der Waals surface area contributed by atoms with Gasteiger partial charge in [0.05, 0.1) is 17.7 Å². The zero-order valence-corrected chi connectivity index (χ0v) is 12.0. The first-order chi connectivity index (χ1) is 10.1. The Labute approximate surface area is 124 Å². The van der Waals surface area contributed by atoms with Crippen molar-refractivity contribution in [3.63, 3.8) is 0 Å². The molecule has 0 bridgehead atoms. The molecule has 6 nitrogen and oxygen atoms in total. The normalized spacial score (nSPS) is 17.1. The maximum Gasteiger partial charge on any atom is 0.305 e. The van der Waals surface area contributed by atoms with Crippen LogP contribution in [0.15, 0.2) is 18.6 Å². The molecule has 1 aliphatic carbocycles. The Bertz CT molecular complexity index is 484. The lowest BCUT2D eigenvalue weighted by Gasteiger charge is -2.37. The third-order valence-corrected chi connectivity index (χ3v) is 3.93. The van der Waals surface area contributed by atoms with E-state index < -0.39 is 11.5 Å².